The maximum Gasteiger partial charge on any atom is 0.0960 e. The van der Waals surface area contributed by atoms with Crippen molar-refractivity contribution >= 4 is 0 Å². The van der Waals surface area contributed by atoms with Crippen LogP contribution in [0.1, 0.15) is 36.0 Å². The lowest BCUT2D eigenvalue weighted by molar-refractivity contribution is 0.105. The number of fused-ring (bicyclic) bond motifs is 1. The Bertz CT molecular complexity index is 378. The molecule has 0 heterocycles. The summed E-state index contributed by atoms with van der Waals surface area (Å²) < 4.78 is 0. The summed E-state index contributed by atoms with van der Waals surface area (Å²) >= 11 is 0. The molecule has 0 radical (unpaired) electrons. The van der Waals surface area contributed by atoms with Crippen LogP contribution in [-0.2, 0) is 5.60 Å². The molecule has 2 unspecified atom stereocenters. The smallest absolute Gasteiger partial charge is 0.0960 e. The van der Waals surface area contributed by atoms with E-state index in [1.165, 1.54) is 30.4 Å². The molecule has 15 heavy (non-hydrogen) atoms. The van der Waals surface area contributed by atoms with Crippen LogP contribution >= 0.6 is 0 Å². The molecule has 2 atom stereocenters. The van der Waals surface area contributed by atoms with Crippen molar-refractivity contribution in [1.82, 2.24) is 0 Å². The normalized spacial score (nSPS) is 37.8. The molecule has 2 fully saturated rings. The van der Waals surface area contributed by atoms with Crippen LogP contribution in [0.4, 0.5) is 0 Å². The minimum Gasteiger partial charge on any atom is -0.385 e. The highest BCUT2D eigenvalue weighted by Gasteiger charge is 2.66. The van der Waals surface area contributed by atoms with E-state index >= 15 is 0 Å². The Morgan fingerprint density at radius 3 is 2.13 bits per heavy atom. The van der Waals surface area contributed by atoms with Gasteiger partial charge in [0.25, 0.3) is 0 Å². The van der Waals surface area contributed by atoms with E-state index in [0.29, 0.717) is 11.8 Å². The van der Waals surface area contributed by atoms with Crippen LogP contribution in [0.15, 0.2) is 18.2 Å². The van der Waals surface area contributed by atoms with Crippen LogP contribution in [0.2, 0.25) is 0 Å². The zero-order valence-electron chi connectivity index (χ0n) is 9.46. The summed E-state index contributed by atoms with van der Waals surface area (Å²) in [4.78, 5) is 0. The second-order valence-electron chi connectivity index (χ2n) is 5.35. The van der Waals surface area contributed by atoms with Gasteiger partial charge in [-0.05, 0) is 44.1 Å². The van der Waals surface area contributed by atoms with Crippen molar-refractivity contribution in [1.29, 1.82) is 0 Å². The van der Waals surface area contributed by atoms with E-state index < -0.39 is 5.60 Å². The minimum absolute atomic E-state index is 0.463. The number of hydrogen-bond acceptors (Lipinski definition) is 1. The molecule has 1 aromatic rings. The first-order chi connectivity index (χ1) is 7.12. The summed E-state index contributed by atoms with van der Waals surface area (Å²) in [6.07, 6.45) is 3.74. The molecule has 2 aliphatic carbocycles. The third-order valence-electron chi connectivity index (χ3n) is 4.22. The van der Waals surface area contributed by atoms with Gasteiger partial charge < -0.3 is 5.11 Å². The van der Waals surface area contributed by atoms with Crippen molar-refractivity contribution in [2.75, 3.05) is 0 Å². The molecule has 2 saturated carbocycles. The van der Waals surface area contributed by atoms with Crippen LogP contribution in [0.25, 0.3) is 0 Å². The van der Waals surface area contributed by atoms with Crippen LogP contribution in [0.3, 0.4) is 0 Å². The van der Waals surface area contributed by atoms with E-state index in [-0.39, 0.29) is 0 Å². The first-order valence-electron chi connectivity index (χ1n) is 5.93. The molecule has 1 aromatic carbocycles. The molecular formula is C14H18O. The van der Waals surface area contributed by atoms with Crippen molar-refractivity contribution in [2.45, 2.75) is 38.7 Å². The SMILES string of the molecule is Cc1cc(C)cc(C2(O)C3CCCC32)c1. The number of aryl methyl sites for hydroxylation is 2. The molecule has 2 aliphatic rings. The predicted octanol–water partition coefficient (Wildman–Crippen LogP) is 2.92. The lowest BCUT2D eigenvalue weighted by atomic mass is 9.96. The van der Waals surface area contributed by atoms with Gasteiger partial charge in [-0.25, -0.2) is 0 Å². The Morgan fingerprint density at radius 2 is 1.60 bits per heavy atom. The third kappa shape index (κ3) is 1.19. The van der Waals surface area contributed by atoms with Crippen molar-refractivity contribution in [3.05, 3.63) is 34.9 Å². The van der Waals surface area contributed by atoms with E-state index in [0.717, 1.165) is 5.56 Å². The van der Waals surface area contributed by atoms with E-state index in [1.54, 1.807) is 0 Å². The molecule has 80 valence electrons. The molecule has 0 aromatic heterocycles. The van der Waals surface area contributed by atoms with Gasteiger partial charge >= 0.3 is 0 Å². The summed E-state index contributed by atoms with van der Waals surface area (Å²) in [6, 6.07) is 6.49. The van der Waals surface area contributed by atoms with Gasteiger partial charge in [0.1, 0.15) is 0 Å². The molecule has 1 N–H and O–H groups in total. The minimum atomic E-state index is -0.463. The van der Waals surface area contributed by atoms with Crippen molar-refractivity contribution < 1.29 is 5.11 Å². The Balaban J connectivity index is 2.00. The fourth-order valence-corrected chi connectivity index (χ4v) is 3.56. The number of benzene rings is 1. The zero-order chi connectivity index (χ0) is 10.6. The van der Waals surface area contributed by atoms with Gasteiger partial charge in [-0.15, -0.1) is 0 Å². The topological polar surface area (TPSA) is 20.2 Å². The van der Waals surface area contributed by atoms with Crippen molar-refractivity contribution in [3.8, 4) is 0 Å². The first-order valence-corrected chi connectivity index (χ1v) is 5.93. The number of hydrogen-bond donors (Lipinski definition) is 1. The van der Waals surface area contributed by atoms with Gasteiger partial charge in [-0.1, -0.05) is 35.7 Å². The predicted molar refractivity (Wildman–Crippen MR) is 60.6 cm³/mol. The van der Waals surface area contributed by atoms with Crippen molar-refractivity contribution in [2.24, 2.45) is 11.8 Å². The average Bonchev–Trinajstić information content (AvgIpc) is 2.61. The Morgan fingerprint density at radius 1 is 1.07 bits per heavy atom. The van der Waals surface area contributed by atoms with Crippen LogP contribution in [-0.4, -0.2) is 5.11 Å². The lowest BCUT2D eigenvalue weighted by Gasteiger charge is -2.16. The third-order valence-corrected chi connectivity index (χ3v) is 4.22. The monoisotopic (exact) mass is 202 g/mol. The molecule has 0 spiro atoms. The molecule has 0 saturated heterocycles. The maximum absolute atomic E-state index is 10.6. The molecule has 0 aliphatic heterocycles. The fraction of sp³-hybridized carbons (Fsp3) is 0.571. The molecule has 0 amide bonds. The summed E-state index contributed by atoms with van der Waals surface area (Å²) in [6.45, 7) is 4.22. The second kappa shape index (κ2) is 2.85. The van der Waals surface area contributed by atoms with Crippen LogP contribution in [0.5, 0.6) is 0 Å². The molecule has 3 rings (SSSR count). The quantitative estimate of drug-likeness (QED) is 0.742. The van der Waals surface area contributed by atoms with E-state index in [2.05, 4.69) is 32.0 Å². The summed E-state index contributed by atoms with van der Waals surface area (Å²) in [5.74, 6) is 1.11. The number of rotatable bonds is 1. The van der Waals surface area contributed by atoms with Gasteiger partial charge in [0, 0.05) is 0 Å². The average molecular weight is 202 g/mol. The Kier molecular flexibility index (Phi) is 1.79. The second-order valence-corrected chi connectivity index (χ2v) is 5.35. The first kappa shape index (κ1) is 9.41. The summed E-state index contributed by atoms with van der Waals surface area (Å²) in [5, 5.41) is 10.6. The largest absolute Gasteiger partial charge is 0.385 e. The summed E-state index contributed by atoms with van der Waals surface area (Å²) in [5.41, 5.74) is 3.23. The highest BCUT2D eigenvalue weighted by Crippen LogP contribution is 2.66. The highest BCUT2D eigenvalue weighted by molar-refractivity contribution is 5.39. The van der Waals surface area contributed by atoms with Crippen LogP contribution in [0, 0.1) is 25.7 Å². The van der Waals surface area contributed by atoms with Gasteiger partial charge in [-0.2, -0.15) is 0 Å². The van der Waals surface area contributed by atoms with Gasteiger partial charge in [-0.3, -0.25) is 0 Å². The van der Waals surface area contributed by atoms with E-state index in [9.17, 15) is 5.11 Å². The fourth-order valence-electron chi connectivity index (χ4n) is 3.56. The van der Waals surface area contributed by atoms with E-state index in [1.807, 2.05) is 0 Å². The highest BCUT2D eigenvalue weighted by atomic mass is 16.3. The van der Waals surface area contributed by atoms with Crippen LogP contribution < -0.4 is 0 Å². The standard InChI is InChI=1S/C14H18O/c1-9-6-10(2)8-11(7-9)14(15)12-4-3-5-13(12)14/h6-8,12-13,15H,3-5H2,1-2H3. The van der Waals surface area contributed by atoms with Gasteiger partial charge in [0.2, 0.25) is 0 Å². The summed E-state index contributed by atoms with van der Waals surface area (Å²) in [7, 11) is 0. The molecule has 0 bridgehead atoms. The number of aliphatic hydroxyl groups is 1. The lowest BCUT2D eigenvalue weighted by Crippen LogP contribution is -2.13. The van der Waals surface area contributed by atoms with E-state index in [4.69, 9.17) is 0 Å². The molecule has 1 heteroatoms. The van der Waals surface area contributed by atoms with Gasteiger partial charge in [0.05, 0.1) is 5.60 Å². The maximum atomic E-state index is 10.6. The molecular weight excluding hydrogens is 184 g/mol. The van der Waals surface area contributed by atoms with Crippen molar-refractivity contribution in [3.63, 3.8) is 0 Å². The molecule has 1 nitrogen and oxygen atoms in total. The Labute approximate surface area is 91.1 Å². The van der Waals surface area contributed by atoms with Gasteiger partial charge in [0.15, 0.2) is 0 Å². The Hall–Kier alpha value is -0.820. The zero-order valence-corrected chi connectivity index (χ0v) is 9.46.